The van der Waals surface area contributed by atoms with E-state index >= 15 is 0 Å². The molecule has 0 saturated heterocycles. The summed E-state index contributed by atoms with van der Waals surface area (Å²) in [5.74, 6) is 0. The summed E-state index contributed by atoms with van der Waals surface area (Å²) < 4.78 is 8.70. The van der Waals surface area contributed by atoms with Gasteiger partial charge in [-0.05, 0) is 0 Å². The third-order valence-corrected chi connectivity index (χ3v) is 0. The quantitative estimate of drug-likeness (QED) is 0.289. The Labute approximate surface area is 89.5 Å². The Morgan fingerprint density at radius 2 is 1.43 bits per heavy atom. The first-order chi connectivity index (χ1) is 1.73. The Morgan fingerprint density at radius 3 is 1.43 bits per heavy atom. The van der Waals surface area contributed by atoms with Crippen LogP contribution < -0.4 is 51.4 Å². The van der Waals surface area contributed by atoms with Gasteiger partial charge in [-0.2, -0.15) is 9.90 Å². The van der Waals surface area contributed by atoms with E-state index < -0.39 is 8.25 Å². The fraction of sp³-hybridized carbons (Fsp3) is 0. The molecule has 7 heteroatoms. The summed E-state index contributed by atoms with van der Waals surface area (Å²) in [7, 11) is -2.87. The van der Waals surface area contributed by atoms with E-state index in [-0.39, 0.29) is 68.2 Å². The van der Waals surface area contributed by atoms with Crippen molar-refractivity contribution >= 4 is 18.2 Å². The van der Waals surface area contributed by atoms with Crippen molar-refractivity contribution in [2.75, 3.05) is 0 Å². The predicted molar refractivity (Wildman–Crippen MR) is 27.9 cm³/mol. The van der Waals surface area contributed by atoms with Gasteiger partial charge in [-0.15, -0.1) is 9.79 Å². The summed E-state index contributed by atoms with van der Waals surface area (Å²) >= 11 is 0. The van der Waals surface area contributed by atoms with E-state index in [2.05, 4.69) is 0 Å². The monoisotopic (exact) mass is 173 g/mol. The summed E-state index contributed by atoms with van der Waals surface area (Å²) in [5, 5.41) is 0. The Balaban J connectivity index is -0.00000000750. The SMILES string of the molecule is O.O=[P+](O)O.P.[H-].[K+]. The van der Waals surface area contributed by atoms with E-state index in [9.17, 15) is 0 Å². The summed E-state index contributed by atoms with van der Waals surface area (Å²) in [6.07, 6.45) is 0. The van der Waals surface area contributed by atoms with Crippen molar-refractivity contribution < 1.29 is 72.6 Å². The first kappa shape index (κ1) is 23.0. The first-order valence-electron chi connectivity index (χ1n) is 0.583. The van der Waals surface area contributed by atoms with Gasteiger partial charge < -0.3 is 6.90 Å². The maximum Gasteiger partial charge on any atom is 1.00 e. The molecule has 4 N–H and O–H groups in total. The molecule has 0 rings (SSSR count). The molecule has 4 nitrogen and oxygen atoms in total. The second kappa shape index (κ2) is 15.7. The van der Waals surface area contributed by atoms with Crippen molar-refractivity contribution in [1.29, 1.82) is 0 Å². The van der Waals surface area contributed by atoms with Crippen LogP contribution in [0.3, 0.4) is 0 Å². The van der Waals surface area contributed by atoms with Gasteiger partial charge in [0.05, 0.1) is 0 Å². The largest absolute Gasteiger partial charge is 1.00 e. The van der Waals surface area contributed by atoms with Crippen molar-refractivity contribution in [2.24, 2.45) is 0 Å². The summed E-state index contributed by atoms with van der Waals surface area (Å²) in [6.45, 7) is 0. The average molecular weight is 173 g/mol. The van der Waals surface area contributed by atoms with Gasteiger partial charge in [-0.1, -0.05) is 0 Å². The molecular formula is H8KO4P2+. The van der Waals surface area contributed by atoms with E-state index in [1.54, 1.807) is 0 Å². The average Bonchev–Trinajstić information content (AvgIpc) is 0.811. The van der Waals surface area contributed by atoms with Gasteiger partial charge in [-0.3, -0.25) is 0 Å². The van der Waals surface area contributed by atoms with Crippen LogP contribution in [0.1, 0.15) is 1.43 Å². The normalized spacial score (nSPS) is 3.71. The molecular weight excluding hydrogens is 165 g/mol. The summed E-state index contributed by atoms with van der Waals surface area (Å²) in [6, 6.07) is 0. The van der Waals surface area contributed by atoms with E-state index in [4.69, 9.17) is 14.4 Å². The topological polar surface area (TPSA) is 89.0 Å². The Kier molecular flexibility index (Phi) is 51.5. The van der Waals surface area contributed by atoms with Gasteiger partial charge in [0.15, 0.2) is 0 Å². The molecule has 1 atom stereocenters. The van der Waals surface area contributed by atoms with Gasteiger partial charge in [0.2, 0.25) is 0 Å². The van der Waals surface area contributed by atoms with Crippen LogP contribution in [0.15, 0.2) is 0 Å². The number of rotatable bonds is 0. The van der Waals surface area contributed by atoms with Crippen LogP contribution in [0.25, 0.3) is 0 Å². The maximum absolute atomic E-state index is 8.70. The summed E-state index contributed by atoms with van der Waals surface area (Å²) in [5.41, 5.74) is 0. The molecule has 7 heavy (non-hydrogen) atoms. The Hall–Kier alpha value is 2.05. The van der Waals surface area contributed by atoms with Crippen molar-refractivity contribution in [3.63, 3.8) is 0 Å². The molecule has 0 aromatic carbocycles. The van der Waals surface area contributed by atoms with Crippen molar-refractivity contribution in [3.8, 4) is 0 Å². The third-order valence-electron chi connectivity index (χ3n) is 0. The second-order valence-corrected chi connectivity index (χ2v) is 0.758. The minimum Gasteiger partial charge on any atom is -1.00 e. The number of hydrogen-bond donors (Lipinski definition) is 2. The van der Waals surface area contributed by atoms with Crippen LogP contribution in [0.5, 0.6) is 0 Å². The van der Waals surface area contributed by atoms with Crippen molar-refractivity contribution in [3.05, 3.63) is 0 Å². The molecule has 42 valence electrons. The van der Waals surface area contributed by atoms with Gasteiger partial charge >= 0.3 is 59.6 Å². The van der Waals surface area contributed by atoms with E-state index in [1.165, 1.54) is 0 Å². The first-order valence-corrected chi connectivity index (χ1v) is 1.75. The van der Waals surface area contributed by atoms with Crippen molar-refractivity contribution in [2.45, 2.75) is 0 Å². The van der Waals surface area contributed by atoms with Gasteiger partial charge in [0.25, 0.3) is 0 Å². The Bertz CT molecular complexity index is 37.0. The molecule has 0 aliphatic heterocycles. The van der Waals surface area contributed by atoms with Gasteiger partial charge in [0.1, 0.15) is 0 Å². The van der Waals surface area contributed by atoms with Crippen LogP contribution in [0, 0.1) is 0 Å². The minimum absolute atomic E-state index is 0. The third kappa shape index (κ3) is 70.2. The Morgan fingerprint density at radius 1 is 1.43 bits per heavy atom. The molecule has 0 bridgehead atoms. The predicted octanol–water partition coefficient (Wildman–Crippen LogP) is -4.02. The molecule has 0 heterocycles. The molecule has 0 amide bonds. The number of hydrogen-bond acceptors (Lipinski definition) is 1. The molecule has 0 spiro atoms. The summed E-state index contributed by atoms with van der Waals surface area (Å²) in [4.78, 5) is 14.2. The molecule has 0 fully saturated rings. The standard InChI is InChI=1S/K.HO3P.H2O.H3P.H/c;1-4(2)3;;;/h;(H-,1,2,3);1H2;1H3;/q+1;;;;-1/p+1. The minimum atomic E-state index is -2.87. The van der Waals surface area contributed by atoms with Crippen LogP contribution in [-0.2, 0) is 4.57 Å². The molecule has 1 unspecified atom stereocenters. The molecule has 0 aliphatic rings. The molecule has 0 aromatic heterocycles. The fourth-order valence-electron chi connectivity index (χ4n) is 0. The molecule has 0 aromatic rings. The van der Waals surface area contributed by atoms with Gasteiger partial charge in [-0.25, -0.2) is 0 Å². The van der Waals surface area contributed by atoms with Crippen LogP contribution in [-0.4, -0.2) is 15.3 Å². The van der Waals surface area contributed by atoms with Crippen LogP contribution >= 0.6 is 18.2 Å². The molecule has 0 aliphatic carbocycles. The fourth-order valence-corrected chi connectivity index (χ4v) is 0. The zero-order valence-electron chi connectivity index (χ0n) is 4.96. The molecule has 0 saturated carbocycles. The van der Waals surface area contributed by atoms with Crippen LogP contribution in [0.2, 0.25) is 0 Å². The zero-order valence-corrected chi connectivity index (χ0v) is 9.39. The van der Waals surface area contributed by atoms with Crippen molar-refractivity contribution in [1.82, 2.24) is 0 Å². The van der Waals surface area contributed by atoms with E-state index in [0.29, 0.717) is 0 Å². The smallest absolute Gasteiger partial charge is 1.00 e. The zero-order chi connectivity index (χ0) is 3.58. The van der Waals surface area contributed by atoms with Gasteiger partial charge in [0, 0.05) is 4.57 Å². The molecule has 0 radical (unpaired) electrons. The van der Waals surface area contributed by atoms with E-state index in [1.807, 2.05) is 0 Å². The van der Waals surface area contributed by atoms with E-state index in [0.717, 1.165) is 0 Å². The second-order valence-electron chi connectivity index (χ2n) is 0.253. The van der Waals surface area contributed by atoms with Crippen LogP contribution in [0.4, 0.5) is 0 Å². The maximum atomic E-state index is 8.70.